The van der Waals surface area contributed by atoms with Gasteiger partial charge in [0.1, 0.15) is 6.54 Å². The van der Waals surface area contributed by atoms with Gasteiger partial charge >= 0.3 is 0 Å². The Bertz CT molecular complexity index is 541. The van der Waals surface area contributed by atoms with Crippen LogP contribution in [0, 0.1) is 0 Å². The average molecular weight is 300 g/mol. The highest BCUT2D eigenvalue weighted by molar-refractivity contribution is 7.88. The van der Waals surface area contributed by atoms with Crippen LogP contribution in [0.3, 0.4) is 0 Å². The second-order valence-corrected chi connectivity index (χ2v) is 6.89. The molecule has 1 N–H and O–H groups in total. The SMILES string of the molecule is CS(=O)(=O)NC[C@H]1CCCCN1C(=O)Cn1cccn1. The summed E-state index contributed by atoms with van der Waals surface area (Å²) in [5.74, 6) is -0.0197. The molecule has 2 heterocycles. The largest absolute Gasteiger partial charge is 0.337 e. The van der Waals surface area contributed by atoms with E-state index in [-0.39, 0.29) is 25.0 Å². The number of hydrogen-bond acceptors (Lipinski definition) is 4. The first-order valence-electron chi connectivity index (χ1n) is 6.67. The topological polar surface area (TPSA) is 84.3 Å². The Morgan fingerprint density at radius 2 is 2.25 bits per heavy atom. The fraction of sp³-hybridized carbons (Fsp3) is 0.667. The van der Waals surface area contributed by atoms with Gasteiger partial charge in [0.2, 0.25) is 15.9 Å². The fourth-order valence-electron chi connectivity index (χ4n) is 2.41. The summed E-state index contributed by atoms with van der Waals surface area (Å²) in [6.45, 7) is 1.16. The van der Waals surface area contributed by atoms with Crippen LogP contribution in [0.2, 0.25) is 0 Å². The average Bonchev–Trinajstić information content (AvgIpc) is 2.88. The zero-order valence-corrected chi connectivity index (χ0v) is 12.3. The quantitative estimate of drug-likeness (QED) is 0.817. The van der Waals surface area contributed by atoms with Crippen molar-refractivity contribution in [1.29, 1.82) is 0 Å². The van der Waals surface area contributed by atoms with Crippen LogP contribution in [-0.4, -0.2) is 54.4 Å². The van der Waals surface area contributed by atoms with Crippen LogP contribution in [-0.2, 0) is 21.4 Å². The minimum atomic E-state index is -3.23. The summed E-state index contributed by atoms with van der Waals surface area (Å²) in [6.07, 6.45) is 7.30. The van der Waals surface area contributed by atoms with Crippen LogP contribution in [0.25, 0.3) is 0 Å². The first-order chi connectivity index (χ1) is 9.46. The van der Waals surface area contributed by atoms with E-state index in [0.29, 0.717) is 6.54 Å². The lowest BCUT2D eigenvalue weighted by atomic mass is 10.0. The van der Waals surface area contributed by atoms with Crippen molar-refractivity contribution in [1.82, 2.24) is 19.4 Å². The number of likely N-dealkylation sites (tertiary alicyclic amines) is 1. The maximum atomic E-state index is 12.3. The van der Waals surface area contributed by atoms with Crippen LogP contribution in [0.1, 0.15) is 19.3 Å². The first kappa shape index (κ1) is 15.0. The number of hydrogen-bond donors (Lipinski definition) is 1. The molecule has 1 aromatic heterocycles. The van der Waals surface area contributed by atoms with Crippen molar-refractivity contribution < 1.29 is 13.2 Å². The molecule has 1 atom stereocenters. The van der Waals surface area contributed by atoms with E-state index in [1.807, 2.05) is 0 Å². The summed E-state index contributed by atoms with van der Waals surface area (Å²) in [4.78, 5) is 14.1. The minimum Gasteiger partial charge on any atom is -0.337 e. The van der Waals surface area contributed by atoms with Gasteiger partial charge in [-0.05, 0) is 25.3 Å². The molecular weight excluding hydrogens is 280 g/mol. The summed E-state index contributed by atoms with van der Waals surface area (Å²) in [6, 6.07) is 1.70. The second kappa shape index (κ2) is 6.36. The molecule has 1 aliphatic heterocycles. The van der Waals surface area contributed by atoms with Crippen LogP contribution >= 0.6 is 0 Å². The number of sulfonamides is 1. The van der Waals surface area contributed by atoms with E-state index in [1.165, 1.54) is 0 Å². The maximum absolute atomic E-state index is 12.3. The zero-order chi connectivity index (χ0) is 14.6. The van der Waals surface area contributed by atoms with Gasteiger partial charge in [-0.1, -0.05) is 0 Å². The number of nitrogens with one attached hydrogen (secondary N) is 1. The molecule has 0 unspecified atom stereocenters. The van der Waals surface area contributed by atoms with Crippen molar-refractivity contribution in [2.24, 2.45) is 0 Å². The van der Waals surface area contributed by atoms with Gasteiger partial charge in [0.05, 0.1) is 6.26 Å². The van der Waals surface area contributed by atoms with Crippen molar-refractivity contribution in [3.63, 3.8) is 0 Å². The van der Waals surface area contributed by atoms with Crippen molar-refractivity contribution >= 4 is 15.9 Å². The fourth-order valence-corrected chi connectivity index (χ4v) is 2.91. The highest BCUT2D eigenvalue weighted by Crippen LogP contribution is 2.17. The van der Waals surface area contributed by atoms with Crippen LogP contribution in [0.15, 0.2) is 18.5 Å². The number of piperidine rings is 1. The Hall–Kier alpha value is -1.41. The molecule has 1 aliphatic rings. The Morgan fingerprint density at radius 1 is 1.45 bits per heavy atom. The molecule has 0 saturated carbocycles. The number of carbonyl (C=O) groups is 1. The molecule has 8 heteroatoms. The molecule has 0 aromatic carbocycles. The molecule has 20 heavy (non-hydrogen) atoms. The van der Waals surface area contributed by atoms with E-state index in [2.05, 4.69) is 9.82 Å². The van der Waals surface area contributed by atoms with Crippen LogP contribution in [0.5, 0.6) is 0 Å². The Kier molecular flexibility index (Phi) is 4.77. The maximum Gasteiger partial charge on any atom is 0.244 e. The van der Waals surface area contributed by atoms with Gasteiger partial charge in [-0.15, -0.1) is 0 Å². The highest BCUT2D eigenvalue weighted by atomic mass is 32.2. The second-order valence-electron chi connectivity index (χ2n) is 5.06. The number of rotatable bonds is 5. The minimum absolute atomic E-state index is 0.0197. The standard InChI is InChI=1S/C12H20N4O3S/c1-20(18,19)14-9-11-5-2-3-8-16(11)12(17)10-15-7-4-6-13-15/h4,6-7,11,14H,2-3,5,8-10H2,1H3/t11-/m1/s1. The highest BCUT2D eigenvalue weighted by Gasteiger charge is 2.27. The molecule has 2 rings (SSSR count). The zero-order valence-electron chi connectivity index (χ0n) is 11.5. The van der Waals surface area contributed by atoms with Gasteiger partial charge in [0, 0.05) is 31.5 Å². The van der Waals surface area contributed by atoms with Gasteiger partial charge in [0.25, 0.3) is 0 Å². The van der Waals surface area contributed by atoms with Crippen LogP contribution < -0.4 is 4.72 Å². The number of amides is 1. The summed E-state index contributed by atoms with van der Waals surface area (Å²) in [7, 11) is -3.23. The molecule has 0 bridgehead atoms. The molecule has 1 aromatic rings. The van der Waals surface area contributed by atoms with Gasteiger partial charge in [-0.3, -0.25) is 9.48 Å². The van der Waals surface area contributed by atoms with E-state index in [1.54, 1.807) is 28.0 Å². The predicted octanol–water partition coefficient (Wildman–Crippen LogP) is -0.187. The van der Waals surface area contributed by atoms with E-state index >= 15 is 0 Å². The summed E-state index contributed by atoms with van der Waals surface area (Å²) >= 11 is 0. The van der Waals surface area contributed by atoms with Crippen molar-refractivity contribution in [2.45, 2.75) is 31.8 Å². The van der Waals surface area contributed by atoms with Crippen molar-refractivity contribution in [2.75, 3.05) is 19.3 Å². The van der Waals surface area contributed by atoms with E-state index in [4.69, 9.17) is 0 Å². The molecule has 0 spiro atoms. The smallest absolute Gasteiger partial charge is 0.244 e. The Morgan fingerprint density at radius 3 is 2.90 bits per heavy atom. The predicted molar refractivity (Wildman–Crippen MR) is 74.4 cm³/mol. The lowest BCUT2D eigenvalue weighted by molar-refractivity contribution is -0.135. The molecular formula is C12H20N4O3S. The first-order valence-corrected chi connectivity index (χ1v) is 8.56. The third-order valence-electron chi connectivity index (χ3n) is 3.39. The third-order valence-corrected chi connectivity index (χ3v) is 4.08. The van der Waals surface area contributed by atoms with E-state index in [0.717, 1.165) is 25.5 Å². The Labute approximate surface area is 119 Å². The Balaban J connectivity index is 1.97. The van der Waals surface area contributed by atoms with Gasteiger partial charge in [-0.2, -0.15) is 5.10 Å². The summed E-state index contributed by atoms with van der Waals surface area (Å²) in [5, 5.41) is 4.02. The molecule has 1 fully saturated rings. The lowest BCUT2D eigenvalue weighted by Crippen LogP contribution is -2.50. The van der Waals surface area contributed by atoms with Crippen LogP contribution in [0.4, 0.5) is 0 Å². The normalized spacial score (nSPS) is 20.1. The van der Waals surface area contributed by atoms with Gasteiger partial charge < -0.3 is 4.90 Å². The molecule has 1 amide bonds. The molecule has 112 valence electrons. The van der Waals surface area contributed by atoms with Crippen molar-refractivity contribution in [3.05, 3.63) is 18.5 Å². The molecule has 1 saturated heterocycles. The van der Waals surface area contributed by atoms with E-state index < -0.39 is 10.0 Å². The lowest BCUT2D eigenvalue weighted by Gasteiger charge is -2.35. The third kappa shape index (κ3) is 4.31. The van der Waals surface area contributed by atoms with E-state index in [9.17, 15) is 13.2 Å². The molecule has 0 aliphatic carbocycles. The molecule has 7 nitrogen and oxygen atoms in total. The summed E-state index contributed by atoms with van der Waals surface area (Å²) in [5.41, 5.74) is 0. The number of aromatic nitrogens is 2. The summed E-state index contributed by atoms with van der Waals surface area (Å²) < 4.78 is 26.4. The van der Waals surface area contributed by atoms with Gasteiger partial charge in [-0.25, -0.2) is 13.1 Å². The van der Waals surface area contributed by atoms with Gasteiger partial charge in [0.15, 0.2) is 0 Å². The van der Waals surface area contributed by atoms with Crippen molar-refractivity contribution in [3.8, 4) is 0 Å². The number of carbonyl (C=O) groups excluding carboxylic acids is 1. The molecule has 0 radical (unpaired) electrons. The number of nitrogens with zero attached hydrogens (tertiary/aromatic N) is 3. The monoisotopic (exact) mass is 300 g/mol.